The van der Waals surface area contributed by atoms with Crippen molar-refractivity contribution in [2.24, 2.45) is 5.92 Å². The van der Waals surface area contributed by atoms with Crippen LogP contribution >= 0.6 is 0 Å². The van der Waals surface area contributed by atoms with Crippen LogP contribution in [0, 0.1) is 5.92 Å². The molecule has 1 saturated carbocycles. The van der Waals surface area contributed by atoms with Gasteiger partial charge in [-0.15, -0.1) is 0 Å². The van der Waals surface area contributed by atoms with E-state index in [-0.39, 0.29) is 5.78 Å². The molecular weight excluding hydrogens is 226 g/mol. The second-order valence-corrected chi connectivity index (χ2v) is 5.73. The summed E-state index contributed by atoms with van der Waals surface area (Å²) in [6, 6.07) is 6.11. The summed E-state index contributed by atoms with van der Waals surface area (Å²) in [5.41, 5.74) is 2.33. The van der Waals surface area contributed by atoms with E-state index in [0.717, 1.165) is 12.5 Å². The van der Waals surface area contributed by atoms with Crippen LogP contribution in [0.5, 0.6) is 5.75 Å². The third-order valence-corrected chi connectivity index (χ3v) is 4.47. The number of piperidine rings is 1. The molecule has 3 rings (SSSR count). The first-order chi connectivity index (χ1) is 8.56. The highest BCUT2D eigenvalue weighted by Crippen LogP contribution is 2.58. The Hall–Kier alpha value is -1.35. The number of methoxy groups -OCH3 is 1. The minimum absolute atomic E-state index is 0.0775. The highest BCUT2D eigenvalue weighted by molar-refractivity contribution is 5.97. The molecule has 1 aromatic rings. The number of Topliss-reactive ketones (excluding diaryl/α,β-unsaturated/α-hetero) is 1. The fourth-order valence-corrected chi connectivity index (χ4v) is 3.47. The molecule has 1 heterocycles. The molecule has 96 valence electrons. The quantitative estimate of drug-likeness (QED) is 0.764. The molecule has 0 amide bonds. The van der Waals surface area contributed by atoms with Gasteiger partial charge < -0.3 is 9.64 Å². The number of carbonyl (C=O) groups excluding carboxylic acids is 1. The van der Waals surface area contributed by atoms with Crippen LogP contribution in [0.4, 0.5) is 0 Å². The monoisotopic (exact) mass is 245 g/mol. The smallest absolute Gasteiger partial charge is 0.163 e. The average Bonchev–Trinajstić information content (AvgIpc) is 2.92. The molecule has 0 aromatic heterocycles. The fraction of sp³-hybridized carbons (Fsp3) is 0.533. The van der Waals surface area contributed by atoms with Gasteiger partial charge in [-0.2, -0.15) is 0 Å². The third kappa shape index (κ3) is 1.57. The van der Waals surface area contributed by atoms with Crippen LogP contribution in [0.15, 0.2) is 18.2 Å². The van der Waals surface area contributed by atoms with Crippen LogP contribution in [0.2, 0.25) is 0 Å². The summed E-state index contributed by atoms with van der Waals surface area (Å²) < 4.78 is 5.26. The molecule has 2 aliphatic rings. The second kappa shape index (κ2) is 3.82. The lowest BCUT2D eigenvalue weighted by molar-refractivity contribution is 0.101. The van der Waals surface area contributed by atoms with Gasteiger partial charge in [0.05, 0.1) is 12.7 Å². The van der Waals surface area contributed by atoms with Gasteiger partial charge in [0.15, 0.2) is 5.78 Å². The van der Waals surface area contributed by atoms with Crippen molar-refractivity contribution in [3.05, 3.63) is 29.3 Å². The van der Waals surface area contributed by atoms with Gasteiger partial charge in [0.25, 0.3) is 0 Å². The molecule has 0 radical (unpaired) electrons. The van der Waals surface area contributed by atoms with Gasteiger partial charge in [0, 0.05) is 18.5 Å². The molecular formula is C15H19NO2. The normalized spacial score (nSPS) is 30.1. The van der Waals surface area contributed by atoms with Gasteiger partial charge in [-0.3, -0.25) is 4.79 Å². The minimum atomic E-state index is 0.0775. The maximum absolute atomic E-state index is 11.7. The average molecular weight is 245 g/mol. The van der Waals surface area contributed by atoms with Crippen LogP contribution in [0.25, 0.3) is 0 Å². The molecule has 0 N–H and O–H groups in total. The van der Waals surface area contributed by atoms with Gasteiger partial charge >= 0.3 is 0 Å². The number of ether oxygens (including phenoxy) is 1. The molecule has 3 heteroatoms. The van der Waals surface area contributed by atoms with Crippen molar-refractivity contribution >= 4 is 5.78 Å². The van der Waals surface area contributed by atoms with Crippen molar-refractivity contribution in [3.63, 3.8) is 0 Å². The molecule has 2 unspecified atom stereocenters. The zero-order chi connectivity index (χ0) is 12.9. The number of nitrogens with zero attached hydrogens (tertiary/aromatic N) is 1. The topological polar surface area (TPSA) is 29.5 Å². The largest absolute Gasteiger partial charge is 0.496 e. The number of fused-ring (bicyclic) bond motifs is 1. The Bertz CT molecular complexity index is 511. The standard InChI is InChI=1S/C15H19NO2/c1-10(17)13-6-11(4-5-14(13)18-3)15-7-12(15)8-16(2)9-15/h4-6,12H,7-9H2,1-3H3. The summed E-state index contributed by atoms with van der Waals surface area (Å²) in [7, 11) is 3.78. The van der Waals surface area contributed by atoms with Crippen molar-refractivity contribution in [1.82, 2.24) is 4.90 Å². The maximum atomic E-state index is 11.7. The summed E-state index contributed by atoms with van der Waals surface area (Å²) >= 11 is 0. The molecule has 18 heavy (non-hydrogen) atoms. The number of benzene rings is 1. The number of hydrogen-bond donors (Lipinski definition) is 0. The van der Waals surface area contributed by atoms with Crippen LogP contribution < -0.4 is 4.74 Å². The van der Waals surface area contributed by atoms with E-state index in [1.807, 2.05) is 12.1 Å². The number of ketones is 1. The van der Waals surface area contributed by atoms with Crippen molar-refractivity contribution in [3.8, 4) is 5.75 Å². The number of hydrogen-bond acceptors (Lipinski definition) is 3. The first-order valence-corrected chi connectivity index (χ1v) is 6.45. The van der Waals surface area contributed by atoms with Crippen LogP contribution in [0.1, 0.15) is 29.3 Å². The molecule has 1 aliphatic heterocycles. The molecule has 1 saturated heterocycles. The van der Waals surface area contributed by atoms with E-state index in [4.69, 9.17) is 4.74 Å². The Morgan fingerprint density at radius 1 is 1.50 bits per heavy atom. The second-order valence-electron chi connectivity index (χ2n) is 5.73. The summed E-state index contributed by atoms with van der Waals surface area (Å²) in [4.78, 5) is 14.1. The van der Waals surface area contributed by atoms with Crippen LogP contribution in [0.3, 0.4) is 0 Å². The van der Waals surface area contributed by atoms with E-state index < -0.39 is 0 Å². The van der Waals surface area contributed by atoms with E-state index >= 15 is 0 Å². The lowest BCUT2D eigenvalue weighted by atomic mass is 9.92. The van der Waals surface area contributed by atoms with E-state index in [1.54, 1.807) is 14.0 Å². The maximum Gasteiger partial charge on any atom is 0.163 e. The van der Waals surface area contributed by atoms with Gasteiger partial charge in [0.2, 0.25) is 0 Å². The Morgan fingerprint density at radius 3 is 2.83 bits per heavy atom. The predicted molar refractivity (Wildman–Crippen MR) is 70.3 cm³/mol. The SMILES string of the molecule is COc1ccc(C23CC2CN(C)C3)cc1C(C)=O. The Labute approximate surface area is 108 Å². The number of likely N-dealkylation sites (N-methyl/N-ethyl adjacent to an activating group) is 1. The summed E-state index contributed by atoms with van der Waals surface area (Å²) in [5.74, 6) is 1.54. The highest BCUT2D eigenvalue weighted by Gasteiger charge is 2.59. The van der Waals surface area contributed by atoms with Gasteiger partial charge in [0.1, 0.15) is 5.75 Å². The Morgan fingerprint density at radius 2 is 2.28 bits per heavy atom. The Kier molecular flexibility index (Phi) is 2.49. The van der Waals surface area contributed by atoms with Crippen LogP contribution in [-0.2, 0) is 5.41 Å². The van der Waals surface area contributed by atoms with E-state index in [0.29, 0.717) is 16.7 Å². The third-order valence-electron chi connectivity index (χ3n) is 4.47. The number of likely N-dealkylation sites (tertiary alicyclic amines) is 1. The van der Waals surface area contributed by atoms with Gasteiger partial charge in [-0.25, -0.2) is 0 Å². The molecule has 2 atom stereocenters. The van der Waals surface area contributed by atoms with E-state index in [1.165, 1.54) is 18.5 Å². The number of carbonyl (C=O) groups is 1. The number of rotatable bonds is 3. The van der Waals surface area contributed by atoms with E-state index in [9.17, 15) is 4.79 Å². The van der Waals surface area contributed by atoms with Crippen molar-refractivity contribution in [2.45, 2.75) is 18.8 Å². The predicted octanol–water partition coefficient (Wildman–Crippen LogP) is 2.10. The lowest BCUT2D eigenvalue weighted by Gasteiger charge is -2.18. The lowest BCUT2D eigenvalue weighted by Crippen LogP contribution is -2.22. The van der Waals surface area contributed by atoms with Crippen molar-refractivity contribution in [2.75, 3.05) is 27.2 Å². The summed E-state index contributed by atoms with van der Waals surface area (Å²) in [6.45, 7) is 3.90. The molecule has 2 fully saturated rings. The minimum Gasteiger partial charge on any atom is -0.496 e. The zero-order valence-corrected chi connectivity index (χ0v) is 11.2. The zero-order valence-electron chi connectivity index (χ0n) is 11.2. The molecule has 1 aromatic carbocycles. The molecule has 0 bridgehead atoms. The summed E-state index contributed by atoms with van der Waals surface area (Å²) in [5, 5.41) is 0. The van der Waals surface area contributed by atoms with E-state index in [2.05, 4.69) is 18.0 Å². The summed E-state index contributed by atoms with van der Waals surface area (Å²) in [6.07, 6.45) is 1.26. The van der Waals surface area contributed by atoms with Gasteiger partial charge in [-0.05, 0) is 44.0 Å². The Balaban J connectivity index is 2.00. The first kappa shape index (κ1) is 11.7. The first-order valence-electron chi connectivity index (χ1n) is 6.45. The highest BCUT2D eigenvalue weighted by atomic mass is 16.5. The molecule has 3 nitrogen and oxygen atoms in total. The van der Waals surface area contributed by atoms with Gasteiger partial charge in [-0.1, -0.05) is 6.07 Å². The fourth-order valence-electron chi connectivity index (χ4n) is 3.47. The van der Waals surface area contributed by atoms with Crippen molar-refractivity contribution < 1.29 is 9.53 Å². The molecule has 1 aliphatic carbocycles. The molecule has 0 spiro atoms. The van der Waals surface area contributed by atoms with Crippen molar-refractivity contribution in [1.29, 1.82) is 0 Å². The van der Waals surface area contributed by atoms with Crippen LogP contribution in [-0.4, -0.2) is 37.9 Å².